The molecule has 2 rings (SSSR count). The molecule has 1 aromatic rings. The summed E-state index contributed by atoms with van der Waals surface area (Å²) in [6.45, 7) is 8.88. The summed E-state index contributed by atoms with van der Waals surface area (Å²) in [6.07, 6.45) is 1.37. The van der Waals surface area contributed by atoms with Gasteiger partial charge in [-0.1, -0.05) is 0 Å². The Morgan fingerprint density at radius 3 is 2.35 bits per heavy atom. The number of sulfonamides is 1. The van der Waals surface area contributed by atoms with Crippen LogP contribution in [-0.4, -0.2) is 55.3 Å². The molecule has 23 heavy (non-hydrogen) atoms. The van der Waals surface area contributed by atoms with Crippen LogP contribution < -0.4 is 10.2 Å². The van der Waals surface area contributed by atoms with Gasteiger partial charge in [0.2, 0.25) is 15.9 Å². The number of nitrogens with zero attached hydrogens (tertiary/aromatic N) is 3. The average molecular weight is 340 g/mol. The van der Waals surface area contributed by atoms with Crippen LogP contribution in [-0.2, 0) is 14.8 Å². The van der Waals surface area contributed by atoms with Crippen LogP contribution in [0.1, 0.15) is 27.7 Å². The van der Waals surface area contributed by atoms with Crippen molar-refractivity contribution in [1.82, 2.24) is 14.6 Å². The maximum Gasteiger partial charge on any atom is 0.245 e. The van der Waals surface area contributed by atoms with E-state index in [1.807, 2.05) is 32.6 Å². The van der Waals surface area contributed by atoms with Gasteiger partial charge < -0.3 is 10.2 Å². The zero-order chi connectivity index (χ0) is 17.2. The van der Waals surface area contributed by atoms with E-state index in [1.54, 1.807) is 12.1 Å². The fourth-order valence-corrected chi connectivity index (χ4v) is 4.60. The number of nitrogens with one attached hydrogen (secondary N) is 1. The molecule has 128 valence electrons. The molecule has 0 spiro atoms. The second-order valence-electron chi connectivity index (χ2n) is 6.15. The Hall–Kier alpha value is -1.67. The van der Waals surface area contributed by atoms with Gasteiger partial charge in [-0.25, -0.2) is 13.4 Å². The molecule has 1 aliphatic heterocycles. The lowest BCUT2D eigenvalue weighted by Gasteiger charge is -2.30. The summed E-state index contributed by atoms with van der Waals surface area (Å²) >= 11 is 0. The molecule has 0 radical (unpaired) electrons. The first-order valence-electron chi connectivity index (χ1n) is 7.74. The van der Waals surface area contributed by atoms with Crippen molar-refractivity contribution in [2.75, 3.05) is 24.5 Å². The quantitative estimate of drug-likeness (QED) is 0.858. The van der Waals surface area contributed by atoms with Crippen molar-refractivity contribution >= 4 is 21.7 Å². The predicted octanol–water partition coefficient (Wildman–Crippen LogP) is 0.825. The molecule has 2 heterocycles. The molecule has 0 bridgehead atoms. The number of amides is 1. The van der Waals surface area contributed by atoms with E-state index in [0.29, 0.717) is 18.9 Å². The minimum absolute atomic E-state index is 0.0551. The van der Waals surface area contributed by atoms with E-state index in [9.17, 15) is 13.2 Å². The maximum atomic E-state index is 12.8. The van der Waals surface area contributed by atoms with Gasteiger partial charge in [0.25, 0.3) is 0 Å². The van der Waals surface area contributed by atoms with Crippen molar-refractivity contribution in [3.8, 4) is 0 Å². The number of piperazine rings is 1. The molecule has 0 atom stereocenters. The highest BCUT2D eigenvalue weighted by atomic mass is 32.2. The van der Waals surface area contributed by atoms with Gasteiger partial charge in [0.1, 0.15) is 10.7 Å². The number of hydrogen-bond donors (Lipinski definition) is 1. The van der Waals surface area contributed by atoms with Crippen molar-refractivity contribution in [2.45, 2.75) is 44.7 Å². The molecule has 1 aliphatic rings. The smallest absolute Gasteiger partial charge is 0.245 e. The minimum Gasteiger partial charge on any atom is -0.353 e. The van der Waals surface area contributed by atoms with Crippen molar-refractivity contribution in [1.29, 1.82) is 0 Å². The first-order valence-corrected chi connectivity index (χ1v) is 9.18. The lowest BCUT2D eigenvalue weighted by atomic mass is 10.3. The maximum absolute atomic E-state index is 12.8. The summed E-state index contributed by atoms with van der Waals surface area (Å²) in [6, 6.07) is 2.95. The summed E-state index contributed by atoms with van der Waals surface area (Å²) in [5.41, 5.74) is 0. The Labute approximate surface area is 137 Å². The molecule has 1 N–H and O–H groups in total. The predicted molar refractivity (Wildman–Crippen MR) is 88.8 cm³/mol. The highest BCUT2D eigenvalue weighted by Crippen LogP contribution is 2.22. The van der Waals surface area contributed by atoms with Crippen LogP contribution in [0.2, 0.25) is 0 Å². The molecular formula is C15H24N4O3S. The summed E-state index contributed by atoms with van der Waals surface area (Å²) in [5, 5.41) is 2.75. The highest BCUT2D eigenvalue weighted by Gasteiger charge is 2.30. The molecule has 7 nitrogen and oxygen atoms in total. The van der Waals surface area contributed by atoms with Crippen LogP contribution in [0.25, 0.3) is 0 Å². The Kier molecular flexibility index (Phi) is 5.26. The first-order chi connectivity index (χ1) is 10.7. The summed E-state index contributed by atoms with van der Waals surface area (Å²) < 4.78 is 27.0. The molecule has 1 fully saturated rings. The van der Waals surface area contributed by atoms with Crippen molar-refractivity contribution in [3.63, 3.8) is 0 Å². The number of carbonyl (C=O) groups is 1. The molecule has 0 aliphatic carbocycles. The van der Waals surface area contributed by atoms with E-state index < -0.39 is 10.0 Å². The Morgan fingerprint density at radius 2 is 1.87 bits per heavy atom. The van der Waals surface area contributed by atoms with Crippen LogP contribution >= 0.6 is 0 Å². The third-order valence-electron chi connectivity index (χ3n) is 3.68. The molecule has 1 saturated heterocycles. The number of anilines is 1. The van der Waals surface area contributed by atoms with E-state index in [0.717, 1.165) is 0 Å². The van der Waals surface area contributed by atoms with E-state index in [-0.39, 0.29) is 29.4 Å². The van der Waals surface area contributed by atoms with Crippen molar-refractivity contribution in [3.05, 3.63) is 18.3 Å². The minimum atomic E-state index is -3.58. The molecule has 8 heteroatoms. The van der Waals surface area contributed by atoms with Gasteiger partial charge in [0.15, 0.2) is 0 Å². The van der Waals surface area contributed by atoms with Crippen LogP contribution in [0, 0.1) is 0 Å². The van der Waals surface area contributed by atoms with Crippen LogP contribution in [0.4, 0.5) is 5.82 Å². The number of pyridine rings is 1. The lowest BCUT2D eigenvalue weighted by molar-refractivity contribution is -0.120. The van der Waals surface area contributed by atoms with Gasteiger partial charge in [-0.15, -0.1) is 0 Å². The van der Waals surface area contributed by atoms with Gasteiger partial charge in [0, 0.05) is 31.4 Å². The number of carbonyl (C=O) groups excluding carboxylic acids is 1. The Bertz CT molecular complexity index is 648. The summed E-state index contributed by atoms with van der Waals surface area (Å²) in [7, 11) is -3.58. The van der Waals surface area contributed by atoms with E-state index in [2.05, 4.69) is 10.3 Å². The second-order valence-corrected chi connectivity index (χ2v) is 7.99. The summed E-state index contributed by atoms with van der Waals surface area (Å²) in [4.78, 5) is 17.7. The Balaban J connectivity index is 2.26. The zero-order valence-corrected chi connectivity index (χ0v) is 14.8. The third kappa shape index (κ3) is 3.81. The van der Waals surface area contributed by atoms with Gasteiger partial charge >= 0.3 is 0 Å². The van der Waals surface area contributed by atoms with E-state index >= 15 is 0 Å². The fourth-order valence-electron chi connectivity index (χ4n) is 2.82. The molecule has 0 aromatic carbocycles. The van der Waals surface area contributed by atoms with Crippen LogP contribution in [0.5, 0.6) is 0 Å². The SMILES string of the molecule is CC(C)N(C(C)C)S(=O)(=O)c1ccc(N2CCNC(=O)C2)nc1. The van der Waals surface area contributed by atoms with E-state index in [1.165, 1.54) is 10.5 Å². The standard InChI is InChI=1S/C15H24N4O3S/c1-11(2)19(12(3)4)23(21,22)13-5-6-14(17-9-13)18-8-7-16-15(20)10-18/h5-6,9,11-12H,7-8,10H2,1-4H3,(H,16,20). The van der Waals surface area contributed by atoms with Gasteiger partial charge in [-0.2, -0.15) is 4.31 Å². The van der Waals surface area contributed by atoms with E-state index in [4.69, 9.17) is 0 Å². The first kappa shape index (κ1) is 17.7. The number of hydrogen-bond acceptors (Lipinski definition) is 5. The Morgan fingerprint density at radius 1 is 1.22 bits per heavy atom. The summed E-state index contributed by atoms with van der Waals surface area (Å²) in [5.74, 6) is 0.556. The molecule has 1 aromatic heterocycles. The average Bonchev–Trinajstić information content (AvgIpc) is 2.46. The molecular weight excluding hydrogens is 316 g/mol. The van der Waals surface area contributed by atoms with Crippen LogP contribution in [0.3, 0.4) is 0 Å². The second kappa shape index (κ2) is 6.84. The van der Waals surface area contributed by atoms with Gasteiger partial charge in [0.05, 0.1) is 6.54 Å². The van der Waals surface area contributed by atoms with Crippen molar-refractivity contribution < 1.29 is 13.2 Å². The molecule has 0 unspecified atom stereocenters. The normalized spacial score (nSPS) is 16.3. The molecule has 0 saturated carbocycles. The number of aromatic nitrogens is 1. The largest absolute Gasteiger partial charge is 0.353 e. The lowest BCUT2D eigenvalue weighted by Crippen LogP contribution is -2.48. The van der Waals surface area contributed by atoms with Gasteiger partial charge in [-0.3, -0.25) is 4.79 Å². The fraction of sp³-hybridized carbons (Fsp3) is 0.600. The highest BCUT2D eigenvalue weighted by molar-refractivity contribution is 7.89. The van der Waals surface area contributed by atoms with Gasteiger partial charge in [-0.05, 0) is 39.8 Å². The zero-order valence-electron chi connectivity index (χ0n) is 14.0. The topological polar surface area (TPSA) is 82.6 Å². The van der Waals surface area contributed by atoms with Crippen LogP contribution in [0.15, 0.2) is 23.2 Å². The third-order valence-corrected chi connectivity index (χ3v) is 5.91. The number of rotatable bonds is 5. The van der Waals surface area contributed by atoms with Crippen molar-refractivity contribution in [2.24, 2.45) is 0 Å². The monoisotopic (exact) mass is 340 g/mol. The molecule has 1 amide bonds.